The summed E-state index contributed by atoms with van der Waals surface area (Å²) in [7, 11) is 0. The van der Waals surface area contributed by atoms with Gasteiger partial charge in [0.05, 0.1) is 6.21 Å². The van der Waals surface area contributed by atoms with E-state index in [1.165, 1.54) is 0 Å². The fraction of sp³-hybridized carbons (Fsp3) is 0.0769. The Labute approximate surface area is 195 Å². The van der Waals surface area contributed by atoms with Gasteiger partial charge in [-0.3, -0.25) is 4.79 Å². The number of carbonyl (C=O) groups excluding carboxylic acids is 1. The number of amides is 1. The van der Waals surface area contributed by atoms with Crippen LogP contribution in [0.2, 0.25) is 5.02 Å². The SMILES string of the molecule is O=C(N/N=C\c1c(OCc2ccc(Cl)cc2)ccc2ccccc12)c1ccc2c(c1)OCO2. The molecular formula is C26H19ClN2O4. The summed E-state index contributed by atoms with van der Waals surface area (Å²) in [6, 6.07) is 24.3. The zero-order chi connectivity index (χ0) is 22.6. The van der Waals surface area contributed by atoms with Crippen molar-refractivity contribution in [2.24, 2.45) is 5.10 Å². The molecule has 5 rings (SSSR count). The van der Waals surface area contributed by atoms with Gasteiger partial charge in [0.15, 0.2) is 11.5 Å². The van der Waals surface area contributed by atoms with E-state index >= 15 is 0 Å². The fourth-order valence-electron chi connectivity index (χ4n) is 3.53. The Bertz CT molecular complexity index is 1350. The van der Waals surface area contributed by atoms with Gasteiger partial charge < -0.3 is 14.2 Å². The summed E-state index contributed by atoms with van der Waals surface area (Å²) in [4.78, 5) is 12.6. The molecule has 0 aromatic heterocycles. The van der Waals surface area contributed by atoms with Crippen molar-refractivity contribution in [1.82, 2.24) is 5.43 Å². The van der Waals surface area contributed by atoms with Crippen LogP contribution in [0.3, 0.4) is 0 Å². The molecule has 164 valence electrons. The number of hydrogen-bond acceptors (Lipinski definition) is 5. The number of nitrogens with one attached hydrogen (secondary N) is 1. The average molecular weight is 459 g/mol. The van der Waals surface area contributed by atoms with Crippen molar-refractivity contribution >= 4 is 34.5 Å². The highest BCUT2D eigenvalue weighted by Gasteiger charge is 2.16. The molecule has 0 saturated carbocycles. The van der Waals surface area contributed by atoms with Crippen molar-refractivity contribution in [1.29, 1.82) is 0 Å². The van der Waals surface area contributed by atoms with Gasteiger partial charge in [0.25, 0.3) is 5.91 Å². The zero-order valence-electron chi connectivity index (χ0n) is 17.5. The molecule has 0 spiro atoms. The van der Waals surface area contributed by atoms with Crippen molar-refractivity contribution in [2.45, 2.75) is 6.61 Å². The van der Waals surface area contributed by atoms with Crippen molar-refractivity contribution in [3.63, 3.8) is 0 Å². The molecule has 0 unspecified atom stereocenters. The summed E-state index contributed by atoms with van der Waals surface area (Å²) in [5, 5.41) is 6.88. The molecule has 7 heteroatoms. The lowest BCUT2D eigenvalue weighted by Crippen LogP contribution is -2.17. The Morgan fingerprint density at radius 3 is 2.70 bits per heavy atom. The summed E-state index contributed by atoms with van der Waals surface area (Å²) >= 11 is 5.97. The van der Waals surface area contributed by atoms with Crippen LogP contribution in [0.15, 0.2) is 84.0 Å². The molecule has 1 N–H and O–H groups in total. The minimum atomic E-state index is -0.353. The van der Waals surface area contributed by atoms with Crippen molar-refractivity contribution in [2.75, 3.05) is 6.79 Å². The fourth-order valence-corrected chi connectivity index (χ4v) is 3.66. The maximum atomic E-state index is 12.6. The van der Waals surface area contributed by atoms with E-state index < -0.39 is 0 Å². The van der Waals surface area contributed by atoms with Gasteiger partial charge in [-0.25, -0.2) is 5.43 Å². The first-order valence-corrected chi connectivity index (χ1v) is 10.7. The van der Waals surface area contributed by atoms with Crippen LogP contribution in [0.1, 0.15) is 21.5 Å². The summed E-state index contributed by atoms with van der Waals surface area (Å²) in [6.07, 6.45) is 1.60. The molecule has 0 radical (unpaired) electrons. The average Bonchev–Trinajstić information content (AvgIpc) is 3.32. The molecule has 0 aliphatic carbocycles. The smallest absolute Gasteiger partial charge is 0.271 e. The third-order valence-electron chi connectivity index (χ3n) is 5.23. The molecule has 33 heavy (non-hydrogen) atoms. The molecular weight excluding hydrogens is 440 g/mol. The minimum Gasteiger partial charge on any atom is -0.488 e. The Morgan fingerprint density at radius 2 is 1.82 bits per heavy atom. The first-order chi connectivity index (χ1) is 16.2. The molecule has 0 atom stereocenters. The van der Waals surface area contributed by atoms with Crippen LogP contribution < -0.4 is 19.6 Å². The van der Waals surface area contributed by atoms with E-state index in [1.54, 1.807) is 24.4 Å². The topological polar surface area (TPSA) is 69.2 Å². The normalized spacial score (nSPS) is 12.3. The Kier molecular flexibility index (Phi) is 5.83. The maximum Gasteiger partial charge on any atom is 0.271 e. The van der Waals surface area contributed by atoms with Gasteiger partial charge in [-0.2, -0.15) is 5.10 Å². The first kappa shape index (κ1) is 20.8. The molecule has 1 amide bonds. The predicted molar refractivity (Wildman–Crippen MR) is 127 cm³/mol. The molecule has 4 aromatic rings. The highest BCUT2D eigenvalue weighted by atomic mass is 35.5. The number of carbonyl (C=O) groups is 1. The zero-order valence-corrected chi connectivity index (χ0v) is 18.2. The van der Waals surface area contributed by atoms with E-state index in [0.717, 1.165) is 21.9 Å². The lowest BCUT2D eigenvalue weighted by molar-refractivity contribution is 0.0954. The van der Waals surface area contributed by atoms with E-state index in [4.69, 9.17) is 25.8 Å². The van der Waals surface area contributed by atoms with Gasteiger partial charge in [0, 0.05) is 16.1 Å². The van der Waals surface area contributed by atoms with Gasteiger partial charge in [0.2, 0.25) is 6.79 Å². The number of fused-ring (bicyclic) bond motifs is 2. The van der Waals surface area contributed by atoms with E-state index in [2.05, 4.69) is 10.5 Å². The summed E-state index contributed by atoms with van der Waals surface area (Å²) in [5.74, 6) is 1.46. The van der Waals surface area contributed by atoms with Gasteiger partial charge in [-0.15, -0.1) is 0 Å². The second-order valence-electron chi connectivity index (χ2n) is 7.38. The second kappa shape index (κ2) is 9.22. The number of hydrogen-bond donors (Lipinski definition) is 1. The molecule has 4 aromatic carbocycles. The molecule has 6 nitrogen and oxygen atoms in total. The van der Waals surface area contributed by atoms with Gasteiger partial charge in [-0.05, 0) is 52.7 Å². The van der Waals surface area contributed by atoms with E-state index in [1.807, 2.05) is 60.7 Å². The van der Waals surface area contributed by atoms with Crippen LogP contribution in [0.4, 0.5) is 0 Å². The number of hydrazone groups is 1. The monoisotopic (exact) mass is 458 g/mol. The van der Waals surface area contributed by atoms with Crippen LogP contribution in [-0.2, 0) is 6.61 Å². The quantitative estimate of drug-likeness (QED) is 0.303. The van der Waals surface area contributed by atoms with Crippen LogP contribution in [0, 0.1) is 0 Å². The molecule has 1 aliphatic heterocycles. The Morgan fingerprint density at radius 1 is 1.00 bits per heavy atom. The Balaban J connectivity index is 1.37. The van der Waals surface area contributed by atoms with E-state index in [-0.39, 0.29) is 12.7 Å². The maximum absolute atomic E-state index is 12.6. The van der Waals surface area contributed by atoms with Gasteiger partial charge in [0.1, 0.15) is 12.4 Å². The molecule has 0 bridgehead atoms. The lowest BCUT2D eigenvalue weighted by Gasteiger charge is -2.12. The third kappa shape index (κ3) is 4.61. The molecule has 0 saturated heterocycles. The summed E-state index contributed by atoms with van der Waals surface area (Å²) in [5.41, 5.74) is 4.76. The van der Waals surface area contributed by atoms with Gasteiger partial charge >= 0.3 is 0 Å². The van der Waals surface area contributed by atoms with Crippen molar-refractivity contribution in [3.8, 4) is 17.2 Å². The standard InChI is InChI=1S/C26H19ClN2O4/c27-20-9-5-17(6-10-20)15-31-23-11-7-18-3-1-2-4-21(18)22(23)14-28-29-26(30)19-8-12-24-25(13-19)33-16-32-24/h1-14H,15-16H2,(H,29,30)/b28-14-. The van der Waals surface area contributed by atoms with Crippen LogP contribution in [-0.4, -0.2) is 18.9 Å². The number of rotatable bonds is 6. The summed E-state index contributed by atoms with van der Waals surface area (Å²) in [6.45, 7) is 0.526. The second-order valence-corrected chi connectivity index (χ2v) is 7.82. The third-order valence-corrected chi connectivity index (χ3v) is 5.48. The van der Waals surface area contributed by atoms with Gasteiger partial charge in [-0.1, -0.05) is 54.1 Å². The minimum absolute atomic E-state index is 0.151. The molecule has 0 fully saturated rings. The predicted octanol–water partition coefficient (Wildman–Crippen LogP) is 5.56. The van der Waals surface area contributed by atoms with Crippen LogP contribution in [0.25, 0.3) is 10.8 Å². The van der Waals surface area contributed by atoms with E-state index in [0.29, 0.717) is 34.4 Å². The van der Waals surface area contributed by atoms with Crippen molar-refractivity contribution < 1.29 is 19.0 Å². The largest absolute Gasteiger partial charge is 0.488 e. The number of halogens is 1. The molecule has 1 heterocycles. The first-order valence-electron chi connectivity index (χ1n) is 10.3. The lowest BCUT2D eigenvalue weighted by atomic mass is 10.0. The highest BCUT2D eigenvalue weighted by Crippen LogP contribution is 2.32. The number of ether oxygens (including phenoxy) is 3. The van der Waals surface area contributed by atoms with Crippen LogP contribution >= 0.6 is 11.6 Å². The van der Waals surface area contributed by atoms with Crippen molar-refractivity contribution in [3.05, 3.63) is 101 Å². The number of benzene rings is 4. The van der Waals surface area contributed by atoms with Crippen LogP contribution in [0.5, 0.6) is 17.2 Å². The molecule has 1 aliphatic rings. The highest BCUT2D eigenvalue weighted by molar-refractivity contribution is 6.30. The Hall–Kier alpha value is -4.03. The van der Waals surface area contributed by atoms with E-state index in [9.17, 15) is 4.79 Å². The summed E-state index contributed by atoms with van der Waals surface area (Å²) < 4.78 is 16.7. The number of nitrogens with zero attached hydrogens (tertiary/aromatic N) is 1.